The Morgan fingerprint density at radius 2 is 1.52 bits per heavy atom. The molecular formula is C19H44N2. The average molecular weight is 301 g/mol. The Morgan fingerprint density at radius 1 is 0.952 bits per heavy atom. The van der Waals surface area contributed by atoms with Crippen LogP contribution in [0.15, 0.2) is 0 Å². The van der Waals surface area contributed by atoms with Crippen molar-refractivity contribution in [1.82, 2.24) is 10.6 Å². The highest BCUT2D eigenvalue weighted by Gasteiger charge is 2.23. The molecule has 2 N–H and O–H groups in total. The van der Waals surface area contributed by atoms with Crippen LogP contribution in [0.1, 0.15) is 93.9 Å². The van der Waals surface area contributed by atoms with Crippen molar-refractivity contribution in [3.05, 3.63) is 0 Å². The summed E-state index contributed by atoms with van der Waals surface area (Å²) in [5, 5.41) is 7.18. The van der Waals surface area contributed by atoms with Gasteiger partial charge < -0.3 is 10.6 Å². The molecule has 0 aromatic rings. The molecule has 2 heteroatoms. The van der Waals surface area contributed by atoms with Gasteiger partial charge in [0.2, 0.25) is 0 Å². The molecule has 0 heterocycles. The molecular weight excluding hydrogens is 256 g/mol. The first-order valence-electron chi connectivity index (χ1n) is 9.29. The fraction of sp³-hybridized carbons (Fsp3) is 1.00. The second-order valence-corrected chi connectivity index (χ2v) is 7.01. The van der Waals surface area contributed by atoms with Gasteiger partial charge in [0.1, 0.15) is 0 Å². The molecule has 2 unspecified atom stereocenters. The van der Waals surface area contributed by atoms with Crippen LogP contribution in [0.3, 0.4) is 0 Å². The van der Waals surface area contributed by atoms with Gasteiger partial charge >= 0.3 is 0 Å². The smallest absolute Gasteiger partial charge is 0.0142 e. The van der Waals surface area contributed by atoms with E-state index in [2.05, 4.69) is 59.2 Å². The molecule has 0 aliphatic carbocycles. The Bertz CT molecular complexity index is 212. The van der Waals surface area contributed by atoms with Gasteiger partial charge in [0, 0.05) is 17.6 Å². The van der Waals surface area contributed by atoms with Crippen LogP contribution < -0.4 is 10.6 Å². The molecule has 2 atom stereocenters. The zero-order valence-electron chi connectivity index (χ0n) is 16.5. The van der Waals surface area contributed by atoms with Crippen LogP contribution in [0.2, 0.25) is 0 Å². The van der Waals surface area contributed by atoms with Crippen LogP contribution >= 0.6 is 0 Å². The van der Waals surface area contributed by atoms with Gasteiger partial charge in [-0.1, -0.05) is 60.8 Å². The van der Waals surface area contributed by atoms with Gasteiger partial charge in [-0.2, -0.15) is 0 Å². The average Bonchev–Trinajstić information content (AvgIpc) is 2.42. The van der Waals surface area contributed by atoms with E-state index in [0.717, 1.165) is 5.92 Å². The summed E-state index contributed by atoms with van der Waals surface area (Å²) < 4.78 is 0. The first kappa shape index (κ1) is 23.2. The zero-order chi connectivity index (χ0) is 16.9. The molecule has 0 bridgehead atoms. The molecule has 0 saturated carbocycles. The van der Waals surface area contributed by atoms with Gasteiger partial charge in [-0.05, 0) is 46.1 Å². The highest BCUT2D eigenvalue weighted by atomic mass is 15.0. The molecule has 0 spiro atoms. The summed E-state index contributed by atoms with van der Waals surface area (Å²) in [6, 6.07) is 1.18. The molecule has 21 heavy (non-hydrogen) atoms. The summed E-state index contributed by atoms with van der Waals surface area (Å²) in [7, 11) is 2.11. The van der Waals surface area contributed by atoms with E-state index in [0.29, 0.717) is 12.1 Å². The molecule has 2 nitrogen and oxygen atoms in total. The number of hydrogen-bond donors (Lipinski definition) is 2. The Labute approximate surface area is 135 Å². The lowest BCUT2D eigenvalue weighted by atomic mass is 9.88. The fourth-order valence-electron chi connectivity index (χ4n) is 3.20. The van der Waals surface area contributed by atoms with E-state index < -0.39 is 0 Å². The van der Waals surface area contributed by atoms with Gasteiger partial charge in [-0.15, -0.1) is 0 Å². The summed E-state index contributed by atoms with van der Waals surface area (Å²) in [5.41, 5.74) is 0.217. The monoisotopic (exact) mass is 300 g/mol. The van der Waals surface area contributed by atoms with Gasteiger partial charge in [-0.25, -0.2) is 0 Å². The van der Waals surface area contributed by atoms with Crippen molar-refractivity contribution in [2.75, 3.05) is 7.05 Å². The standard InChI is InChI=1S/C17H38N2.C2H6/c1-8-10-15(9-2)11-12-16(18-7)13-17(5,6)19-14(3)4;1-2/h14-16,18-19H,8-13H2,1-7H3;1-2H3. The molecule has 0 aliphatic rings. The minimum absolute atomic E-state index is 0.217. The van der Waals surface area contributed by atoms with E-state index in [1.165, 1.54) is 38.5 Å². The lowest BCUT2D eigenvalue weighted by Gasteiger charge is -2.33. The van der Waals surface area contributed by atoms with E-state index in [4.69, 9.17) is 0 Å². The molecule has 0 rings (SSSR count). The minimum atomic E-state index is 0.217. The lowest BCUT2D eigenvalue weighted by molar-refractivity contribution is 0.275. The maximum absolute atomic E-state index is 3.67. The summed E-state index contributed by atoms with van der Waals surface area (Å²) in [6.07, 6.45) is 7.91. The summed E-state index contributed by atoms with van der Waals surface area (Å²) in [5.74, 6) is 0.919. The van der Waals surface area contributed by atoms with Gasteiger partial charge in [0.25, 0.3) is 0 Å². The SMILES string of the molecule is CC.CCCC(CC)CCC(CC(C)(C)NC(C)C)NC. The topological polar surface area (TPSA) is 24.1 Å². The molecule has 0 saturated heterocycles. The van der Waals surface area contributed by atoms with E-state index in [1.807, 2.05) is 13.8 Å². The quantitative estimate of drug-likeness (QED) is 0.536. The van der Waals surface area contributed by atoms with Crippen molar-refractivity contribution in [2.24, 2.45) is 5.92 Å². The van der Waals surface area contributed by atoms with Crippen LogP contribution in [-0.2, 0) is 0 Å². The zero-order valence-corrected chi connectivity index (χ0v) is 16.5. The first-order valence-corrected chi connectivity index (χ1v) is 9.29. The maximum atomic E-state index is 3.67. The number of hydrogen-bond acceptors (Lipinski definition) is 2. The molecule has 0 aromatic carbocycles. The van der Waals surface area contributed by atoms with Gasteiger partial charge in [-0.3, -0.25) is 0 Å². The third-order valence-electron chi connectivity index (χ3n) is 4.04. The predicted molar refractivity (Wildman–Crippen MR) is 99.1 cm³/mol. The summed E-state index contributed by atoms with van der Waals surface area (Å²) in [6.45, 7) is 17.7. The Kier molecular flexibility index (Phi) is 15.0. The lowest BCUT2D eigenvalue weighted by Crippen LogP contribution is -2.47. The van der Waals surface area contributed by atoms with Crippen LogP contribution in [0, 0.1) is 5.92 Å². The van der Waals surface area contributed by atoms with Crippen molar-refractivity contribution in [2.45, 2.75) is 112 Å². The molecule has 0 aliphatic heterocycles. The van der Waals surface area contributed by atoms with Crippen LogP contribution in [0.5, 0.6) is 0 Å². The molecule has 0 radical (unpaired) electrons. The van der Waals surface area contributed by atoms with Crippen molar-refractivity contribution >= 4 is 0 Å². The van der Waals surface area contributed by atoms with Crippen molar-refractivity contribution < 1.29 is 0 Å². The second-order valence-electron chi connectivity index (χ2n) is 7.01. The third kappa shape index (κ3) is 13.3. The third-order valence-corrected chi connectivity index (χ3v) is 4.04. The molecule has 0 fully saturated rings. The normalized spacial score (nSPS) is 14.6. The Hall–Kier alpha value is -0.0800. The van der Waals surface area contributed by atoms with Crippen LogP contribution in [0.25, 0.3) is 0 Å². The Morgan fingerprint density at radius 3 is 1.90 bits per heavy atom. The van der Waals surface area contributed by atoms with Crippen molar-refractivity contribution in [3.63, 3.8) is 0 Å². The van der Waals surface area contributed by atoms with Crippen molar-refractivity contribution in [1.29, 1.82) is 0 Å². The first-order chi connectivity index (χ1) is 9.84. The fourth-order valence-corrected chi connectivity index (χ4v) is 3.20. The minimum Gasteiger partial charge on any atom is -0.317 e. The molecule has 130 valence electrons. The van der Waals surface area contributed by atoms with Crippen LogP contribution in [0.4, 0.5) is 0 Å². The van der Waals surface area contributed by atoms with E-state index >= 15 is 0 Å². The highest BCUT2D eigenvalue weighted by Crippen LogP contribution is 2.21. The molecule has 0 amide bonds. The van der Waals surface area contributed by atoms with Crippen molar-refractivity contribution in [3.8, 4) is 0 Å². The largest absolute Gasteiger partial charge is 0.317 e. The number of nitrogens with one attached hydrogen (secondary N) is 2. The van der Waals surface area contributed by atoms with E-state index in [9.17, 15) is 0 Å². The highest BCUT2D eigenvalue weighted by molar-refractivity contribution is 4.85. The summed E-state index contributed by atoms with van der Waals surface area (Å²) in [4.78, 5) is 0. The Balaban J connectivity index is 0. The van der Waals surface area contributed by atoms with Crippen LogP contribution in [-0.4, -0.2) is 24.7 Å². The molecule has 0 aromatic heterocycles. The second kappa shape index (κ2) is 13.6. The van der Waals surface area contributed by atoms with E-state index in [1.54, 1.807) is 0 Å². The van der Waals surface area contributed by atoms with Gasteiger partial charge in [0.15, 0.2) is 0 Å². The van der Waals surface area contributed by atoms with E-state index in [-0.39, 0.29) is 5.54 Å². The predicted octanol–water partition coefficient (Wildman–Crippen LogP) is 5.37. The van der Waals surface area contributed by atoms with Gasteiger partial charge in [0.05, 0.1) is 0 Å². The maximum Gasteiger partial charge on any atom is 0.0142 e. The number of rotatable bonds is 11. The summed E-state index contributed by atoms with van der Waals surface area (Å²) >= 11 is 0.